The molecular weight excluding hydrogens is 200 g/mol. The van der Waals surface area contributed by atoms with Crippen molar-refractivity contribution < 1.29 is 9.90 Å². The monoisotopic (exact) mass is 218 g/mol. The highest BCUT2D eigenvalue weighted by Gasteiger charge is 2.16. The number of hydrogen-bond acceptors (Lipinski definition) is 2. The van der Waals surface area contributed by atoms with Gasteiger partial charge in [0.2, 0.25) is 0 Å². The van der Waals surface area contributed by atoms with Crippen LogP contribution in [0.1, 0.15) is 48.0 Å². The van der Waals surface area contributed by atoms with E-state index in [1.54, 1.807) is 6.07 Å². The molecule has 0 atom stereocenters. The Morgan fingerprint density at radius 1 is 1.25 bits per heavy atom. The fourth-order valence-electron chi connectivity index (χ4n) is 2.57. The third kappa shape index (κ3) is 2.43. The van der Waals surface area contributed by atoms with Crippen LogP contribution in [0.5, 0.6) is 5.75 Å². The van der Waals surface area contributed by atoms with Gasteiger partial charge in [0, 0.05) is 0 Å². The minimum absolute atomic E-state index is 0.183. The summed E-state index contributed by atoms with van der Waals surface area (Å²) < 4.78 is 0. The van der Waals surface area contributed by atoms with Crippen molar-refractivity contribution in [1.29, 1.82) is 0 Å². The van der Waals surface area contributed by atoms with Crippen LogP contribution < -0.4 is 0 Å². The molecule has 0 unspecified atom stereocenters. The van der Waals surface area contributed by atoms with E-state index in [2.05, 4.69) is 0 Å². The molecule has 86 valence electrons. The van der Waals surface area contributed by atoms with Crippen molar-refractivity contribution in [2.24, 2.45) is 5.92 Å². The Morgan fingerprint density at radius 2 is 2.00 bits per heavy atom. The predicted molar refractivity (Wildman–Crippen MR) is 63.8 cm³/mol. The van der Waals surface area contributed by atoms with Crippen molar-refractivity contribution in [3.05, 3.63) is 29.3 Å². The van der Waals surface area contributed by atoms with Crippen LogP contribution in [-0.4, -0.2) is 11.4 Å². The molecule has 0 aromatic heterocycles. The lowest BCUT2D eigenvalue weighted by atomic mass is 9.84. The fraction of sp³-hybridized carbons (Fsp3) is 0.500. The van der Waals surface area contributed by atoms with E-state index in [1.165, 1.54) is 32.1 Å². The summed E-state index contributed by atoms with van der Waals surface area (Å²) in [6.07, 6.45) is 8.09. The molecule has 1 aliphatic rings. The minimum Gasteiger partial charge on any atom is -0.507 e. The van der Waals surface area contributed by atoms with E-state index in [-0.39, 0.29) is 5.75 Å². The Labute approximate surface area is 96.3 Å². The molecule has 0 radical (unpaired) electrons. The minimum atomic E-state index is 0.183. The molecule has 1 aromatic carbocycles. The Hall–Kier alpha value is -1.31. The van der Waals surface area contributed by atoms with Crippen LogP contribution in [0.15, 0.2) is 18.2 Å². The Balaban J connectivity index is 2.11. The number of phenolic OH excluding ortho intramolecular Hbond substituents is 1. The summed E-state index contributed by atoms with van der Waals surface area (Å²) in [7, 11) is 0. The van der Waals surface area contributed by atoms with Gasteiger partial charge < -0.3 is 5.11 Å². The van der Waals surface area contributed by atoms with E-state index in [9.17, 15) is 9.90 Å². The maximum atomic E-state index is 10.7. The summed E-state index contributed by atoms with van der Waals surface area (Å²) in [6, 6.07) is 5.44. The molecule has 2 heteroatoms. The normalized spacial score (nSPS) is 17.2. The third-order valence-electron chi connectivity index (χ3n) is 3.51. The van der Waals surface area contributed by atoms with Crippen molar-refractivity contribution in [2.75, 3.05) is 0 Å². The molecule has 0 saturated heterocycles. The second-order valence-corrected chi connectivity index (χ2v) is 4.68. The molecule has 1 saturated carbocycles. The molecule has 2 rings (SSSR count). The number of carbonyl (C=O) groups excluding carboxylic acids is 1. The standard InChI is InChI=1S/C14H18O2/c15-10-13-8-4-7-12(14(13)16)9-11-5-2-1-3-6-11/h4,7-8,10-11,16H,1-3,5-6,9H2. The lowest BCUT2D eigenvalue weighted by Crippen LogP contribution is -2.09. The molecule has 1 aliphatic carbocycles. The lowest BCUT2D eigenvalue weighted by molar-refractivity contribution is 0.112. The van der Waals surface area contributed by atoms with Crippen LogP contribution in [0.2, 0.25) is 0 Å². The number of phenols is 1. The summed E-state index contributed by atoms with van der Waals surface area (Å²) in [5.74, 6) is 0.865. The number of para-hydroxylation sites is 1. The molecule has 2 nitrogen and oxygen atoms in total. The molecule has 1 aromatic rings. The molecule has 0 amide bonds. The first-order valence-corrected chi connectivity index (χ1v) is 6.07. The van der Waals surface area contributed by atoms with Crippen molar-refractivity contribution in [2.45, 2.75) is 38.5 Å². The first kappa shape index (κ1) is 11.2. The average molecular weight is 218 g/mol. The van der Waals surface area contributed by atoms with E-state index in [4.69, 9.17) is 0 Å². The Morgan fingerprint density at radius 3 is 2.69 bits per heavy atom. The van der Waals surface area contributed by atoms with Crippen LogP contribution in [-0.2, 0) is 6.42 Å². The van der Waals surface area contributed by atoms with Gasteiger partial charge in [0.25, 0.3) is 0 Å². The zero-order valence-electron chi connectivity index (χ0n) is 9.48. The van der Waals surface area contributed by atoms with Gasteiger partial charge >= 0.3 is 0 Å². The highest BCUT2D eigenvalue weighted by atomic mass is 16.3. The summed E-state index contributed by atoms with van der Waals surface area (Å²) in [4.78, 5) is 10.7. The second-order valence-electron chi connectivity index (χ2n) is 4.68. The maximum absolute atomic E-state index is 10.7. The Kier molecular flexibility index (Phi) is 3.60. The summed E-state index contributed by atoms with van der Waals surface area (Å²) in [6.45, 7) is 0. The number of aromatic hydroxyl groups is 1. The van der Waals surface area contributed by atoms with Crippen LogP contribution >= 0.6 is 0 Å². The van der Waals surface area contributed by atoms with Crippen molar-refractivity contribution in [1.82, 2.24) is 0 Å². The third-order valence-corrected chi connectivity index (χ3v) is 3.51. The number of hydrogen-bond donors (Lipinski definition) is 1. The smallest absolute Gasteiger partial charge is 0.153 e. The average Bonchev–Trinajstić information content (AvgIpc) is 2.33. The van der Waals surface area contributed by atoms with Gasteiger partial charge in [-0.3, -0.25) is 4.79 Å². The van der Waals surface area contributed by atoms with E-state index in [1.807, 2.05) is 12.1 Å². The van der Waals surface area contributed by atoms with Crippen LogP contribution in [0.25, 0.3) is 0 Å². The molecule has 1 N–H and O–H groups in total. The van der Waals surface area contributed by atoms with Gasteiger partial charge in [-0.1, -0.05) is 44.2 Å². The van der Waals surface area contributed by atoms with Gasteiger partial charge in [0.15, 0.2) is 6.29 Å². The quantitative estimate of drug-likeness (QED) is 0.790. The number of rotatable bonds is 3. The maximum Gasteiger partial charge on any atom is 0.153 e. The first-order chi connectivity index (χ1) is 7.81. The van der Waals surface area contributed by atoms with Crippen LogP contribution in [0.4, 0.5) is 0 Å². The van der Waals surface area contributed by atoms with Crippen molar-refractivity contribution >= 4 is 6.29 Å². The summed E-state index contributed by atoms with van der Waals surface area (Å²) in [5, 5.41) is 9.89. The predicted octanol–water partition coefficient (Wildman–Crippen LogP) is 3.33. The van der Waals surface area contributed by atoms with Crippen LogP contribution in [0.3, 0.4) is 0 Å². The topological polar surface area (TPSA) is 37.3 Å². The molecule has 1 fully saturated rings. The summed E-state index contributed by atoms with van der Waals surface area (Å²) in [5.41, 5.74) is 1.34. The zero-order chi connectivity index (χ0) is 11.4. The van der Waals surface area contributed by atoms with Crippen molar-refractivity contribution in [3.8, 4) is 5.75 Å². The number of carbonyl (C=O) groups is 1. The SMILES string of the molecule is O=Cc1cccc(CC2CCCCC2)c1O. The lowest BCUT2D eigenvalue weighted by Gasteiger charge is -2.22. The second kappa shape index (κ2) is 5.15. The summed E-state index contributed by atoms with van der Waals surface area (Å²) >= 11 is 0. The van der Waals surface area contributed by atoms with Crippen molar-refractivity contribution in [3.63, 3.8) is 0 Å². The fourth-order valence-corrected chi connectivity index (χ4v) is 2.57. The van der Waals surface area contributed by atoms with Gasteiger partial charge in [-0.15, -0.1) is 0 Å². The molecule has 0 spiro atoms. The number of benzene rings is 1. The van der Waals surface area contributed by atoms with E-state index in [0.29, 0.717) is 11.5 Å². The molecular formula is C14H18O2. The van der Waals surface area contributed by atoms with Gasteiger partial charge in [-0.25, -0.2) is 0 Å². The van der Waals surface area contributed by atoms with Crippen LogP contribution in [0, 0.1) is 5.92 Å². The highest BCUT2D eigenvalue weighted by molar-refractivity contribution is 5.79. The highest BCUT2D eigenvalue weighted by Crippen LogP contribution is 2.30. The van der Waals surface area contributed by atoms with Gasteiger partial charge in [-0.05, 0) is 24.0 Å². The largest absolute Gasteiger partial charge is 0.507 e. The molecule has 0 bridgehead atoms. The van der Waals surface area contributed by atoms with Gasteiger partial charge in [0.05, 0.1) is 5.56 Å². The zero-order valence-corrected chi connectivity index (χ0v) is 9.48. The molecule has 16 heavy (non-hydrogen) atoms. The van der Waals surface area contributed by atoms with E-state index >= 15 is 0 Å². The van der Waals surface area contributed by atoms with Gasteiger partial charge in [-0.2, -0.15) is 0 Å². The molecule has 0 heterocycles. The van der Waals surface area contributed by atoms with Gasteiger partial charge in [0.1, 0.15) is 5.75 Å². The molecule has 0 aliphatic heterocycles. The first-order valence-electron chi connectivity index (χ1n) is 6.07. The van der Waals surface area contributed by atoms with E-state index in [0.717, 1.165) is 18.3 Å². The van der Waals surface area contributed by atoms with E-state index < -0.39 is 0 Å². The number of aldehydes is 1. The Bertz CT molecular complexity index is 365.